The number of benzene rings is 3. The van der Waals surface area contributed by atoms with Crippen molar-refractivity contribution in [1.82, 2.24) is 0 Å². The molecule has 4 heteroatoms. The minimum absolute atomic E-state index is 0.0695. The molecule has 0 aliphatic rings. The van der Waals surface area contributed by atoms with Crippen LogP contribution in [0.15, 0.2) is 78.9 Å². The lowest BCUT2D eigenvalue weighted by Gasteiger charge is -2.24. The summed E-state index contributed by atoms with van der Waals surface area (Å²) in [6, 6.07) is 26.0. The number of rotatable bonds is 7. The van der Waals surface area contributed by atoms with E-state index in [2.05, 4.69) is 12.1 Å². The van der Waals surface area contributed by atoms with Crippen LogP contribution in [-0.4, -0.2) is 5.78 Å². The van der Waals surface area contributed by atoms with Crippen LogP contribution in [0.3, 0.4) is 0 Å². The van der Waals surface area contributed by atoms with E-state index in [1.807, 2.05) is 66.7 Å². The average molecular weight is 415 g/mol. The fourth-order valence-corrected chi connectivity index (χ4v) is 4.82. The zero-order chi connectivity index (χ0) is 19.2. The molecule has 1 nitrogen and oxygen atoms in total. The molecule has 138 valence electrons. The Balaban J connectivity index is 1.98. The summed E-state index contributed by atoms with van der Waals surface area (Å²) in [6.07, 6.45) is 0.492. The van der Waals surface area contributed by atoms with Crippen LogP contribution < -0.4 is 0 Å². The summed E-state index contributed by atoms with van der Waals surface area (Å²) >= 11 is 14.0. The van der Waals surface area contributed by atoms with E-state index < -0.39 is 0 Å². The van der Waals surface area contributed by atoms with Crippen LogP contribution in [0.5, 0.6) is 0 Å². The van der Waals surface area contributed by atoms with E-state index in [4.69, 9.17) is 23.2 Å². The Bertz CT molecular complexity index is 831. The first kappa shape index (κ1) is 20.0. The van der Waals surface area contributed by atoms with Gasteiger partial charge in [-0.1, -0.05) is 77.8 Å². The van der Waals surface area contributed by atoms with Gasteiger partial charge in [0, 0.05) is 21.7 Å². The zero-order valence-corrected chi connectivity index (χ0v) is 17.3. The van der Waals surface area contributed by atoms with Crippen molar-refractivity contribution >= 4 is 40.7 Å². The van der Waals surface area contributed by atoms with E-state index in [9.17, 15) is 4.79 Å². The van der Waals surface area contributed by atoms with E-state index in [0.717, 1.165) is 16.7 Å². The van der Waals surface area contributed by atoms with Crippen molar-refractivity contribution in [3.05, 3.63) is 106 Å². The molecule has 0 heterocycles. The number of thioether (sulfide) groups is 1. The lowest BCUT2D eigenvalue weighted by atomic mass is 10.0. The lowest BCUT2D eigenvalue weighted by Crippen LogP contribution is -2.06. The maximum atomic E-state index is 11.9. The molecule has 0 aliphatic carbocycles. The van der Waals surface area contributed by atoms with Crippen molar-refractivity contribution in [2.24, 2.45) is 0 Å². The number of ketones is 1. The predicted octanol–water partition coefficient (Wildman–Crippen LogP) is 7.54. The van der Waals surface area contributed by atoms with Gasteiger partial charge in [-0.2, -0.15) is 0 Å². The molecule has 0 spiro atoms. The minimum atomic E-state index is 0.0695. The summed E-state index contributed by atoms with van der Waals surface area (Å²) in [7, 11) is 0. The summed E-state index contributed by atoms with van der Waals surface area (Å²) in [6.45, 7) is 1.65. The third-order valence-corrected chi connectivity index (χ3v) is 6.38. The highest BCUT2D eigenvalue weighted by Crippen LogP contribution is 2.46. The molecule has 0 N–H and O–H groups in total. The smallest absolute Gasteiger partial charge is 0.131 e. The Morgan fingerprint density at radius 1 is 0.778 bits per heavy atom. The van der Waals surface area contributed by atoms with Gasteiger partial charge < -0.3 is 0 Å². The number of carbonyl (C=O) groups is 1. The summed E-state index contributed by atoms with van der Waals surface area (Å²) in [5, 5.41) is 1.56. The van der Waals surface area contributed by atoms with Crippen molar-refractivity contribution in [3.63, 3.8) is 0 Å². The van der Waals surface area contributed by atoms with Gasteiger partial charge in [-0.3, -0.25) is 4.79 Å². The van der Waals surface area contributed by atoms with Crippen LogP contribution in [0, 0.1) is 0 Å². The molecule has 1 atom stereocenters. The maximum Gasteiger partial charge on any atom is 0.131 e. The third-order valence-electron chi connectivity index (χ3n) is 4.29. The molecule has 0 aliphatic heterocycles. The van der Waals surface area contributed by atoms with Gasteiger partial charge in [0.05, 0.1) is 5.25 Å². The van der Waals surface area contributed by atoms with Gasteiger partial charge in [0.2, 0.25) is 0 Å². The van der Waals surface area contributed by atoms with Gasteiger partial charge >= 0.3 is 0 Å². The fourth-order valence-electron chi connectivity index (χ4n) is 2.96. The normalized spacial score (nSPS) is 12.1. The van der Waals surface area contributed by atoms with Crippen molar-refractivity contribution in [3.8, 4) is 0 Å². The first-order chi connectivity index (χ1) is 13.0. The Kier molecular flexibility index (Phi) is 7.01. The third kappa shape index (κ3) is 5.62. The molecule has 0 amide bonds. The van der Waals surface area contributed by atoms with E-state index in [1.165, 1.54) is 0 Å². The van der Waals surface area contributed by atoms with E-state index in [0.29, 0.717) is 16.5 Å². The second-order valence-corrected chi connectivity index (χ2v) is 8.61. The second-order valence-electron chi connectivity index (χ2n) is 6.42. The lowest BCUT2D eigenvalue weighted by molar-refractivity contribution is -0.117. The monoisotopic (exact) mass is 414 g/mol. The molecule has 0 saturated heterocycles. The van der Waals surface area contributed by atoms with Crippen LogP contribution in [0.25, 0.3) is 0 Å². The zero-order valence-electron chi connectivity index (χ0n) is 14.9. The van der Waals surface area contributed by atoms with Crippen molar-refractivity contribution in [1.29, 1.82) is 0 Å². The molecule has 27 heavy (non-hydrogen) atoms. The highest BCUT2D eigenvalue weighted by molar-refractivity contribution is 8.00. The second kappa shape index (κ2) is 9.45. The van der Waals surface area contributed by atoms with Gasteiger partial charge in [0.25, 0.3) is 0 Å². The Morgan fingerprint density at radius 3 is 1.70 bits per heavy atom. The van der Waals surface area contributed by atoms with Gasteiger partial charge in [-0.15, -0.1) is 11.8 Å². The highest BCUT2D eigenvalue weighted by atomic mass is 35.5. The minimum Gasteiger partial charge on any atom is -0.300 e. The van der Waals surface area contributed by atoms with E-state index in [-0.39, 0.29) is 16.3 Å². The van der Waals surface area contributed by atoms with Crippen molar-refractivity contribution in [2.45, 2.75) is 23.8 Å². The number of hydrogen-bond acceptors (Lipinski definition) is 2. The van der Waals surface area contributed by atoms with Crippen LogP contribution in [-0.2, 0) is 4.79 Å². The van der Waals surface area contributed by atoms with Gasteiger partial charge in [0.15, 0.2) is 0 Å². The molecule has 3 aromatic carbocycles. The van der Waals surface area contributed by atoms with Crippen LogP contribution in [0.4, 0.5) is 0 Å². The molecular formula is C23H20Cl2OS. The first-order valence-electron chi connectivity index (χ1n) is 8.73. The highest BCUT2D eigenvalue weighted by Gasteiger charge is 2.23. The molecule has 0 fully saturated rings. The Hall–Kier alpha value is -1.74. The fraction of sp³-hybridized carbons (Fsp3) is 0.174. The topological polar surface area (TPSA) is 17.1 Å². The molecule has 1 unspecified atom stereocenters. The summed E-state index contributed by atoms with van der Waals surface area (Å²) < 4.78 is 0. The number of halogens is 2. The molecule has 0 saturated carbocycles. The average Bonchev–Trinajstić information content (AvgIpc) is 2.67. The quantitative estimate of drug-likeness (QED) is 0.397. The van der Waals surface area contributed by atoms with E-state index in [1.54, 1.807) is 18.7 Å². The largest absolute Gasteiger partial charge is 0.300 e. The van der Waals surface area contributed by atoms with E-state index >= 15 is 0 Å². The molecule has 0 bridgehead atoms. The molecule has 3 rings (SSSR count). The molecule has 3 aromatic rings. The van der Waals surface area contributed by atoms with Gasteiger partial charge in [-0.05, 0) is 47.9 Å². The maximum absolute atomic E-state index is 11.9. The van der Waals surface area contributed by atoms with Crippen molar-refractivity contribution in [2.75, 3.05) is 0 Å². The van der Waals surface area contributed by atoms with Gasteiger partial charge in [-0.25, -0.2) is 0 Å². The Morgan fingerprint density at radius 2 is 1.26 bits per heavy atom. The first-order valence-corrected chi connectivity index (χ1v) is 10.4. The Labute approximate surface area is 174 Å². The molecule has 0 aromatic heterocycles. The molecular weight excluding hydrogens is 395 g/mol. The van der Waals surface area contributed by atoms with Crippen LogP contribution >= 0.6 is 35.0 Å². The number of hydrogen-bond donors (Lipinski definition) is 0. The number of carbonyl (C=O) groups excluding carboxylic acids is 1. The van der Waals surface area contributed by atoms with Crippen molar-refractivity contribution < 1.29 is 4.79 Å². The standard InChI is InChI=1S/C23H20Cl2OS/c1-16(26)15-22(17-5-3-2-4-6-17)27-23(18-7-11-20(24)12-8-18)19-9-13-21(25)14-10-19/h2-14,22-23H,15H2,1H3. The number of Topliss-reactive ketones (excluding diaryl/α,β-unsaturated/α-hetero) is 1. The summed E-state index contributed by atoms with van der Waals surface area (Å²) in [4.78, 5) is 11.9. The SMILES string of the molecule is CC(=O)CC(SC(c1ccc(Cl)cc1)c1ccc(Cl)cc1)c1ccccc1. The summed E-state index contributed by atoms with van der Waals surface area (Å²) in [5.74, 6) is 0.183. The summed E-state index contributed by atoms with van der Waals surface area (Å²) in [5.41, 5.74) is 3.46. The van der Waals surface area contributed by atoms with Crippen LogP contribution in [0.2, 0.25) is 10.0 Å². The predicted molar refractivity (Wildman–Crippen MR) is 117 cm³/mol. The van der Waals surface area contributed by atoms with Crippen LogP contribution in [0.1, 0.15) is 40.5 Å². The van der Waals surface area contributed by atoms with Gasteiger partial charge in [0.1, 0.15) is 5.78 Å². The molecule has 0 radical (unpaired) electrons.